The predicted molar refractivity (Wildman–Crippen MR) is 117 cm³/mol. The van der Waals surface area contributed by atoms with Crippen LogP contribution in [-0.2, 0) is 28.6 Å². The van der Waals surface area contributed by atoms with Crippen molar-refractivity contribution < 1.29 is 33.7 Å². The van der Waals surface area contributed by atoms with E-state index >= 15 is 0 Å². The molecule has 0 aromatic rings. The molecule has 0 aliphatic heterocycles. The lowest BCUT2D eigenvalue weighted by atomic mass is 9.45. The molecular weight excluding hydrogens is 412 g/mol. The van der Waals surface area contributed by atoms with Crippen LogP contribution in [0.3, 0.4) is 0 Å². The van der Waals surface area contributed by atoms with Crippen molar-refractivity contribution >= 4 is 17.9 Å². The summed E-state index contributed by atoms with van der Waals surface area (Å²) in [7, 11) is 1.38. The van der Waals surface area contributed by atoms with Crippen LogP contribution in [-0.4, -0.2) is 48.4 Å². The number of carbonyl (C=O) groups excluding carboxylic acids is 3. The maximum Gasteiger partial charge on any atom is 0.311 e. The Bertz CT molecular complexity index is 860. The zero-order valence-electron chi connectivity index (χ0n) is 20.0. The minimum atomic E-state index is -0.893. The lowest BCUT2D eigenvalue weighted by molar-refractivity contribution is -0.186. The molecule has 1 fully saturated rings. The van der Waals surface area contributed by atoms with Gasteiger partial charge in [0.15, 0.2) is 0 Å². The number of esters is 3. The molecule has 3 aliphatic carbocycles. The highest BCUT2D eigenvalue weighted by atomic mass is 16.6. The number of ether oxygens (including phenoxy) is 3. The zero-order chi connectivity index (χ0) is 24.1. The molecule has 0 bridgehead atoms. The molecule has 0 aromatic heterocycles. The third kappa shape index (κ3) is 3.58. The fourth-order valence-electron chi connectivity index (χ4n) is 6.57. The summed E-state index contributed by atoms with van der Waals surface area (Å²) in [5.41, 5.74) is -0.534. The van der Waals surface area contributed by atoms with Crippen molar-refractivity contribution in [2.45, 2.75) is 85.0 Å². The summed E-state index contributed by atoms with van der Waals surface area (Å²) in [6.45, 7) is 12.5. The van der Waals surface area contributed by atoms with Crippen LogP contribution in [0.5, 0.6) is 0 Å². The molecule has 7 heteroatoms. The number of rotatable bonds is 4. The zero-order valence-corrected chi connectivity index (χ0v) is 20.0. The van der Waals surface area contributed by atoms with Crippen LogP contribution < -0.4 is 0 Å². The summed E-state index contributed by atoms with van der Waals surface area (Å²) in [6.07, 6.45) is 2.33. The normalized spacial score (nSPS) is 41.1. The van der Waals surface area contributed by atoms with Crippen molar-refractivity contribution in [1.82, 2.24) is 0 Å². The second kappa shape index (κ2) is 8.32. The van der Waals surface area contributed by atoms with Crippen molar-refractivity contribution in [2.24, 2.45) is 22.2 Å². The van der Waals surface area contributed by atoms with E-state index in [1.807, 2.05) is 20.8 Å². The Kier molecular flexibility index (Phi) is 6.37. The summed E-state index contributed by atoms with van der Waals surface area (Å²) in [5.74, 6) is -1.46. The number of fused-ring (bicyclic) bond motifs is 2. The molecule has 0 spiro atoms. The molecule has 7 atom stereocenters. The highest BCUT2D eigenvalue weighted by Gasteiger charge is 2.64. The smallest absolute Gasteiger partial charge is 0.311 e. The van der Waals surface area contributed by atoms with Crippen LogP contribution in [0, 0.1) is 22.2 Å². The number of methoxy groups -OCH3 is 1. The summed E-state index contributed by atoms with van der Waals surface area (Å²) >= 11 is 0. The van der Waals surface area contributed by atoms with Gasteiger partial charge in [0.2, 0.25) is 0 Å². The average molecular weight is 449 g/mol. The van der Waals surface area contributed by atoms with Crippen molar-refractivity contribution in [3.05, 3.63) is 23.8 Å². The first-order chi connectivity index (χ1) is 14.8. The Morgan fingerprint density at radius 1 is 1.09 bits per heavy atom. The maximum absolute atomic E-state index is 13.0. The molecule has 1 N–H and O–H groups in total. The minimum Gasteiger partial charge on any atom is -0.469 e. The van der Waals surface area contributed by atoms with Gasteiger partial charge < -0.3 is 19.3 Å². The van der Waals surface area contributed by atoms with Crippen LogP contribution >= 0.6 is 0 Å². The van der Waals surface area contributed by atoms with E-state index < -0.39 is 40.5 Å². The lowest BCUT2D eigenvalue weighted by Crippen LogP contribution is -2.61. The second-order valence-corrected chi connectivity index (χ2v) is 10.3. The van der Waals surface area contributed by atoms with Gasteiger partial charge in [0, 0.05) is 24.7 Å². The highest BCUT2D eigenvalue weighted by molar-refractivity contribution is 5.77. The van der Waals surface area contributed by atoms with Crippen LogP contribution in [0.2, 0.25) is 0 Å². The second-order valence-electron chi connectivity index (χ2n) is 10.3. The minimum absolute atomic E-state index is 0.302. The Balaban J connectivity index is 2.26. The third-order valence-electron chi connectivity index (χ3n) is 8.45. The molecule has 0 amide bonds. The van der Waals surface area contributed by atoms with Gasteiger partial charge in [-0.05, 0) is 50.5 Å². The quantitative estimate of drug-likeness (QED) is 0.399. The van der Waals surface area contributed by atoms with Gasteiger partial charge in [-0.3, -0.25) is 14.4 Å². The van der Waals surface area contributed by atoms with Gasteiger partial charge in [0.25, 0.3) is 0 Å². The van der Waals surface area contributed by atoms with E-state index in [1.165, 1.54) is 21.0 Å². The van der Waals surface area contributed by atoms with Crippen LogP contribution in [0.15, 0.2) is 23.8 Å². The van der Waals surface area contributed by atoms with E-state index in [1.54, 1.807) is 6.08 Å². The van der Waals surface area contributed by atoms with Gasteiger partial charge in [-0.25, -0.2) is 0 Å². The monoisotopic (exact) mass is 448 g/mol. The van der Waals surface area contributed by atoms with Gasteiger partial charge >= 0.3 is 17.9 Å². The van der Waals surface area contributed by atoms with Gasteiger partial charge in [-0.2, -0.15) is 0 Å². The van der Waals surface area contributed by atoms with Crippen LogP contribution in [0.1, 0.15) is 66.7 Å². The first-order valence-electron chi connectivity index (χ1n) is 11.3. The molecule has 0 radical (unpaired) electrons. The van der Waals surface area contributed by atoms with E-state index in [-0.39, 0.29) is 17.9 Å². The number of carbonyl (C=O) groups is 3. The molecule has 0 saturated heterocycles. The van der Waals surface area contributed by atoms with Crippen molar-refractivity contribution in [3.63, 3.8) is 0 Å². The van der Waals surface area contributed by atoms with Crippen LogP contribution in [0.4, 0.5) is 0 Å². The lowest BCUT2D eigenvalue weighted by Gasteiger charge is -2.60. The van der Waals surface area contributed by atoms with Crippen molar-refractivity contribution in [2.75, 3.05) is 7.11 Å². The van der Waals surface area contributed by atoms with Crippen molar-refractivity contribution in [3.8, 4) is 0 Å². The van der Waals surface area contributed by atoms with E-state index in [0.717, 1.165) is 5.57 Å². The molecule has 0 aromatic carbocycles. The fourth-order valence-corrected chi connectivity index (χ4v) is 6.57. The number of aliphatic hydroxyl groups excluding tert-OH is 1. The highest BCUT2D eigenvalue weighted by Crippen LogP contribution is 2.64. The standard InChI is InChI=1S/C25H36O7/c1-8-23(4)11-9-16-20(21(23)28)17(31-14(2)26)13-18-24(5,22(29)30-7)12-10-19(25(16,18)6)32-15(3)27/h8,17-19,21,28H,1,9-13H2,2-7H3/t17-,18?,19+,21-,23+,24-,25-/m1/s1. The van der Waals surface area contributed by atoms with Gasteiger partial charge in [-0.1, -0.05) is 25.5 Å². The molecule has 7 nitrogen and oxygen atoms in total. The molecule has 1 saturated carbocycles. The Labute approximate surface area is 190 Å². The largest absolute Gasteiger partial charge is 0.469 e. The van der Waals surface area contributed by atoms with Gasteiger partial charge in [0.05, 0.1) is 18.6 Å². The Morgan fingerprint density at radius 3 is 2.25 bits per heavy atom. The average Bonchev–Trinajstić information content (AvgIpc) is 2.72. The van der Waals surface area contributed by atoms with E-state index in [9.17, 15) is 19.5 Å². The number of aliphatic hydroxyl groups is 1. The third-order valence-corrected chi connectivity index (χ3v) is 8.45. The molecule has 178 valence electrons. The Morgan fingerprint density at radius 2 is 1.72 bits per heavy atom. The molecule has 3 rings (SSSR count). The SMILES string of the molecule is C=C[C@@]1(C)CCC2=C([C@H]1O)[C@H](OC(C)=O)CC1[C@](C)(C(=O)OC)CC[C@H](OC(C)=O)[C@]21C. The molecule has 0 heterocycles. The molecule has 32 heavy (non-hydrogen) atoms. The van der Waals surface area contributed by atoms with Gasteiger partial charge in [-0.15, -0.1) is 6.58 Å². The topological polar surface area (TPSA) is 99.1 Å². The summed E-state index contributed by atoms with van der Waals surface area (Å²) in [6, 6.07) is 0. The van der Waals surface area contributed by atoms with Crippen molar-refractivity contribution in [1.29, 1.82) is 0 Å². The first kappa shape index (κ1) is 24.5. The van der Waals surface area contributed by atoms with Crippen LogP contribution in [0.25, 0.3) is 0 Å². The number of hydrogen-bond acceptors (Lipinski definition) is 7. The fraction of sp³-hybridized carbons (Fsp3) is 0.720. The number of hydrogen-bond donors (Lipinski definition) is 1. The van der Waals surface area contributed by atoms with Gasteiger partial charge in [0.1, 0.15) is 12.2 Å². The summed E-state index contributed by atoms with van der Waals surface area (Å²) < 4.78 is 16.7. The predicted octanol–water partition coefficient (Wildman–Crippen LogP) is 3.49. The Hall–Kier alpha value is -2.15. The summed E-state index contributed by atoms with van der Waals surface area (Å²) in [5, 5.41) is 11.4. The molecule has 3 aliphatic rings. The molecule has 1 unspecified atom stereocenters. The van der Waals surface area contributed by atoms with E-state index in [4.69, 9.17) is 14.2 Å². The van der Waals surface area contributed by atoms with E-state index in [0.29, 0.717) is 37.7 Å². The molecular formula is C25H36O7. The first-order valence-corrected chi connectivity index (χ1v) is 11.3. The van der Waals surface area contributed by atoms with E-state index in [2.05, 4.69) is 6.58 Å². The maximum atomic E-state index is 13.0. The summed E-state index contributed by atoms with van der Waals surface area (Å²) in [4.78, 5) is 37.0.